The number of aryl methyl sites for hydroxylation is 2. The summed E-state index contributed by atoms with van der Waals surface area (Å²) in [6, 6.07) is 10.9. The van der Waals surface area contributed by atoms with E-state index in [1.54, 1.807) is 25.3 Å². The molecule has 0 aliphatic heterocycles. The zero-order chi connectivity index (χ0) is 34.9. The molecular formula is C35H56F2N6O2. The van der Waals surface area contributed by atoms with E-state index in [0.29, 0.717) is 34.8 Å². The Hall–Kier alpha value is -3.95. The molecule has 0 fully saturated rings. The minimum atomic E-state index is -1.45. The van der Waals surface area contributed by atoms with Crippen LogP contribution in [0.4, 0.5) is 8.78 Å². The number of ether oxygens (including phenoxy) is 2. The van der Waals surface area contributed by atoms with Crippen LogP contribution in [0.2, 0.25) is 0 Å². The molecule has 1 aromatic carbocycles. The van der Waals surface area contributed by atoms with Crippen molar-refractivity contribution in [2.24, 2.45) is 5.92 Å². The molecule has 0 saturated carbocycles. The molecule has 0 bridgehead atoms. The Labute approximate surface area is 270 Å². The van der Waals surface area contributed by atoms with E-state index >= 15 is 0 Å². The fourth-order valence-corrected chi connectivity index (χ4v) is 3.46. The molecule has 0 amide bonds. The van der Waals surface area contributed by atoms with Crippen molar-refractivity contribution >= 4 is 0 Å². The second-order valence-electron chi connectivity index (χ2n) is 9.18. The van der Waals surface area contributed by atoms with Gasteiger partial charge in [0.1, 0.15) is 23.1 Å². The van der Waals surface area contributed by atoms with Gasteiger partial charge in [-0.05, 0) is 37.5 Å². The first kappa shape index (κ1) is 43.2. The van der Waals surface area contributed by atoms with Gasteiger partial charge in [0.15, 0.2) is 11.6 Å². The second kappa shape index (κ2) is 25.4. The van der Waals surface area contributed by atoms with Gasteiger partial charge < -0.3 is 9.47 Å². The number of hydrogen-bond acceptors (Lipinski definition) is 7. The van der Waals surface area contributed by atoms with Crippen molar-refractivity contribution < 1.29 is 18.3 Å². The van der Waals surface area contributed by atoms with Crippen molar-refractivity contribution in [2.45, 2.75) is 109 Å². The highest BCUT2D eigenvalue weighted by atomic mass is 19.1. The summed E-state index contributed by atoms with van der Waals surface area (Å²) in [4.78, 5) is 12.0. The van der Waals surface area contributed by atoms with Gasteiger partial charge in [0.25, 0.3) is 0 Å². The van der Waals surface area contributed by atoms with Crippen molar-refractivity contribution in [1.29, 1.82) is 0 Å². The SMILES string of the molecule is CC.CC.CC.CC(C)Cc1ncc(F)cn1.CCC.COc1cccc(C)c1-n1c(C)nnc1-c1cccc(OC(C)F)n1. The predicted octanol–water partition coefficient (Wildman–Crippen LogP) is 9.96. The maximum absolute atomic E-state index is 13.1. The molecule has 0 aliphatic rings. The van der Waals surface area contributed by atoms with Gasteiger partial charge in [0.2, 0.25) is 12.2 Å². The van der Waals surface area contributed by atoms with Crippen molar-refractivity contribution in [3.63, 3.8) is 0 Å². The summed E-state index contributed by atoms with van der Waals surface area (Å²) in [6.07, 6.45) is 3.01. The molecule has 0 aliphatic carbocycles. The normalized spacial score (nSPS) is 10.1. The Bertz CT molecular complexity index is 1300. The van der Waals surface area contributed by atoms with E-state index in [0.717, 1.165) is 17.7 Å². The van der Waals surface area contributed by atoms with Gasteiger partial charge in [-0.3, -0.25) is 4.57 Å². The molecule has 10 heteroatoms. The lowest BCUT2D eigenvalue weighted by atomic mass is 10.1. The number of alkyl halides is 1. The molecule has 1 atom stereocenters. The number of halogens is 2. The summed E-state index contributed by atoms with van der Waals surface area (Å²) >= 11 is 0. The standard InChI is InChI=1S/C18H19FN4O2.C8H11FN2.C3H8.3C2H6/c1-11-7-5-9-15(24-4)17(11)23-13(3)21-22-18(23)14-8-6-10-16(20-14)25-12(2)19;1-6(2)3-8-10-4-7(9)5-11-8;1-3-2;3*1-2/h5-10,12H,1-4H3;4-6H,3H2,1-2H3;3H2,1-2H3;3*1-2H3. The van der Waals surface area contributed by atoms with Gasteiger partial charge in [-0.2, -0.15) is 0 Å². The number of nitrogens with zero attached hydrogens (tertiary/aromatic N) is 6. The number of benzene rings is 1. The van der Waals surface area contributed by atoms with Crippen molar-refractivity contribution in [1.82, 2.24) is 29.7 Å². The van der Waals surface area contributed by atoms with E-state index in [2.05, 4.69) is 52.8 Å². The van der Waals surface area contributed by atoms with Crippen molar-refractivity contribution in [3.8, 4) is 28.8 Å². The molecule has 45 heavy (non-hydrogen) atoms. The van der Waals surface area contributed by atoms with Crippen molar-refractivity contribution in [3.05, 3.63) is 71.8 Å². The third kappa shape index (κ3) is 15.6. The van der Waals surface area contributed by atoms with E-state index in [1.165, 1.54) is 25.7 Å². The Morgan fingerprint density at radius 3 is 1.91 bits per heavy atom. The predicted molar refractivity (Wildman–Crippen MR) is 182 cm³/mol. The van der Waals surface area contributed by atoms with E-state index in [1.807, 2.05) is 78.2 Å². The van der Waals surface area contributed by atoms with Crippen LogP contribution in [0.1, 0.15) is 99.8 Å². The first-order valence-electron chi connectivity index (χ1n) is 15.9. The van der Waals surface area contributed by atoms with Crippen LogP contribution < -0.4 is 9.47 Å². The van der Waals surface area contributed by atoms with Crippen LogP contribution in [0.15, 0.2) is 48.8 Å². The smallest absolute Gasteiger partial charge is 0.237 e. The lowest BCUT2D eigenvalue weighted by Crippen LogP contribution is -2.07. The summed E-state index contributed by atoms with van der Waals surface area (Å²) in [5.41, 5.74) is 2.38. The fraction of sp³-hybridized carbons (Fsp3) is 0.514. The number of hydrogen-bond donors (Lipinski definition) is 0. The third-order valence-electron chi connectivity index (χ3n) is 4.97. The summed E-state index contributed by atoms with van der Waals surface area (Å²) < 4.78 is 37.8. The van der Waals surface area contributed by atoms with Crippen LogP contribution in [0, 0.1) is 25.6 Å². The van der Waals surface area contributed by atoms with Gasteiger partial charge >= 0.3 is 0 Å². The Morgan fingerprint density at radius 1 is 0.844 bits per heavy atom. The second-order valence-corrected chi connectivity index (χ2v) is 9.18. The third-order valence-corrected chi connectivity index (χ3v) is 4.97. The lowest BCUT2D eigenvalue weighted by molar-refractivity contribution is 0.0811. The minimum Gasteiger partial charge on any atom is -0.495 e. The molecule has 0 N–H and O–H groups in total. The first-order chi connectivity index (χ1) is 21.6. The average Bonchev–Trinajstić information content (AvgIpc) is 3.42. The highest BCUT2D eigenvalue weighted by molar-refractivity contribution is 5.61. The molecule has 4 aromatic rings. The Balaban J connectivity index is 0. The topological polar surface area (TPSA) is 87.8 Å². The molecular weight excluding hydrogens is 574 g/mol. The average molecular weight is 631 g/mol. The first-order valence-corrected chi connectivity index (χ1v) is 15.9. The molecule has 8 nitrogen and oxygen atoms in total. The molecule has 3 aromatic heterocycles. The Kier molecular flexibility index (Phi) is 24.4. The zero-order valence-electron chi connectivity index (χ0n) is 29.9. The number of rotatable bonds is 7. The molecule has 0 saturated heterocycles. The summed E-state index contributed by atoms with van der Waals surface area (Å²) in [7, 11) is 1.62. The van der Waals surface area contributed by atoms with Gasteiger partial charge in [0.05, 0.1) is 25.2 Å². The van der Waals surface area contributed by atoms with Gasteiger partial charge in [-0.25, -0.2) is 23.7 Å². The lowest BCUT2D eigenvalue weighted by Gasteiger charge is -2.15. The van der Waals surface area contributed by atoms with Gasteiger partial charge in [-0.1, -0.05) is 93.9 Å². The number of pyridine rings is 1. The number of methoxy groups -OCH3 is 1. The van der Waals surface area contributed by atoms with E-state index in [-0.39, 0.29) is 11.7 Å². The van der Waals surface area contributed by atoms with Crippen LogP contribution in [0.3, 0.4) is 0 Å². The number of para-hydroxylation sites is 1. The maximum atomic E-state index is 13.1. The zero-order valence-corrected chi connectivity index (χ0v) is 29.9. The van der Waals surface area contributed by atoms with E-state index in [4.69, 9.17) is 9.47 Å². The molecule has 4 rings (SSSR count). The van der Waals surface area contributed by atoms with Crippen LogP contribution in [0.25, 0.3) is 17.2 Å². The van der Waals surface area contributed by atoms with Crippen LogP contribution in [-0.4, -0.2) is 43.2 Å². The summed E-state index contributed by atoms with van der Waals surface area (Å²) in [5, 5.41) is 8.42. The van der Waals surface area contributed by atoms with Crippen LogP contribution in [0.5, 0.6) is 11.6 Å². The summed E-state index contributed by atoms with van der Waals surface area (Å²) in [5.74, 6) is 2.96. The van der Waals surface area contributed by atoms with E-state index < -0.39 is 6.36 Å². The largest absolute Gasteiger partial charge is 0.495 e. The molecule has 252 valence electrons. The summed E-state index contributed by atoms with van der Waals surface area (Å²) in [6.45, 7) is 25.5. The molecule has 0 radical (unpaired) electrons. The molecule has 0 spiro atoms. The molecule has 3 heterocycles. The van der Waals surface area contributed by atoms with Gasteiger partial charge in [-0.15, -0.1) is 10.2 Å². The Morgan fingerprint density at radius 2 is 1.40 bits per heavy atom. The maximum Gasteiger partial charge on any atom is 0.237 e. The van der Waals surface area contributed by atoms with Crippen LogP contribution in [-0.2, 0) is 6.42 Å². The number of aromatic nitrogens is 6. The van der Waals surface area contributed by atoms with E-state index in [9.17, 15) is 8.78 Å². The quantitative estimate of drug-likeness (QED) is 0.201. The highest BCUT2D eigenvalue weighted by Crippen LogP contribution is 2.31. The fourth-order valence-electron chi connectivity index (χ4n) is 3.46. The molecule has 1 unspecified atom stereocenters. The van der Waals surface area contributed by atoms with Crippen LogP contribution >= 0.6 is 0 Å². The van der Waals surface area contributed by atoms with Crippen molar-refractivity contribution in [2.75, 3.05) is 7.11 Å². The van der Waals surface area contributed by atoms with Gasteiger partial charge in [0, 0.05) is 19.4 Å². The minimum absolute atomic E-state index is 0.191. The monoisotopic (exact) mass is 630 g/mol. The highest BCUT2D eigenvalue weighted by Gasteiger charge is 2.19.